The predicted molar refractivity (Wildman–Crippen MR) is 102 cm³/mol. The Morgan fingerprint density at radius 3 is 2.78 bits per heavy atom. The third-order valence-corrected chi connectivity index (χ3v) is 6.04. The van der Waals surface area contributed by atoms with Gasteiger partial charge < -0.3 is 4.90 Å². The van der Waals surface area contributed by atoms with Crippen molar-refractivity contribution >= 4 is 28.3 Å². The second kappa shape index (κ2) is 7.03. The summed E-state index contributed by atoms with van der Waals surface area (Å²) in [6, 6.07) is 0. The lowest BCUT2D eigenvalue weighted by Crippen LogP contribution is -2.41. The molecule has 1 aliphatic heterocycles. The molecule has 27 heavy (non-hydrogen) atoms. The van der Waals surface area contributed by atoms with E-state index < -0.39 is 0 Å². The molecule has 3 heterocycles. The number of rotatable bonds is 6. The van der Waals surface area contributed by atoms with E-state index in [9.17, 15) is 9.59 Å². The number of hydrogen-bond donors (Lipinski definition) is 1. The number of anilines is 1. The number of hydrogen-bond acceptors (Lipinski definition) is 6. The zero-order valence-electron chi connectivity index (χ0n) is 15.9. The first-order valence-corrected chi connectivity index (χ1v) is 10.3. The van der Waals surface area contributed by atoms with Crippen LogP contribution >= 0.6 is 11.3 Å². The SMILES string of the molecule is Cc1c(C(=O)Nc2nnc(C3CC3)s2)nn2c1C(=O)N(CCC(C)C)CC2. The highest BCUT2D eigenvalue weighted by molar-refractivity contribution is 7.15. The van der Waals surface area contributed by atoms with Crippen LogP contribution in [0.3, 0.4) is 0 Å². The van der Waals surface area contributed by atoms with Gasteiger partial charge >= 0.3 is 0 Å². The van der Waals surface area contributed by atoms with Crippen molar-refractivity contribution in [3.8, 4) is 0 Å². The second-order valence-corrected chi connectivity index (χ2v) is 8.70. The maximum atomic E-state index is 12.8. The molecule has 144 valence electrons. The van der Waals surface area contributed by atoms with E-state index in [2.05, 4.69) is 34.5 Å². The van der Waals surface area contributed by atoms with E-state index in [4.69, 9.17) is 0 Å². The van der Waals surface area contributed by atoms with Crippen LogP contribution in [-0.2, 0) is 6.54 Å². The lowest BCUT2D eigenvalue weighted by atomic mass is 10.1. The van der Waals surface area contributed by atoms with Crippen LogP contribution in [0.2, 0.25) is 0 Å². The summed E-state index contributed by atoms with van der Waals surface area (Å²) < 4.78 is 1.66. The maximum absolute atomic E-state index is 12.8. The molecule has 0 bridgehead atoms. The highest BCUT2D eigenvalue weighted by atomic mass is 32.1. The van der Waals surface area contributed by atoms with Crippen molar-refractivity contribution in [2.75, 3.05) is 18.4 Å². The molecule has 0 radical (unpaired) electrons. The highest BCUT2D eigenvalue weighted by Crippen LogP contribution is 2.42. The molecule has 1 aliphatic carbocycles. The number of amides is 2. The number of carbonyl (C=O) groups excluding carboxylic acids is 2. The average Bonchev–Trinajstić information content (AvgIpc) is 3.28. The van der Waals surface area contributed by atoms with Crippen molar-refractivity contribution in [2.24, 2.45) is 5.92 Å². The van der Waals surface area contributed by atoms with Gasteiger partial charge in [-0.2, -0.15) is 5.10 Å². The van der Waals surface area contributed by atoms with Crippen LogP contribution in [0.5, 0.6) is 0 Å². The molecule has 2 amide bonds. The van der Waals surface area contributed by atoms with Crippen LogP contribution in [0.25, 0.3) is 0 Å². The molecule has 0 saturated heterocycles. The molecule has 8 nitrogen and oxygen atoms in total. The molecular weight excluding hydrogens is 364 g/mol. The van der Waals surface area contributed by atoms with Gasteiger partial charge in [0.1, 0.15) is 10.7 Å². The van der Waals surface area contributed by atoms with Crippen molar-refractivity contribution in [1.82, 2.24) is 24.9 Å². The Morgan fingerprint density at radius 2 is 2.07 bits per heavy atom. The van der Waals surface area contributed by atoms with Gasteiger partial charge in [-0.25, -0.2) is 0 Å². The Kier molecular flexibility index (Phi) is 4.71. The number of nitrogens with one attached hydrogen (secondary N) is 1. The summed E-state index contributed by atoms with van der Waals surface area (Å²) in [4.78, 5) is 27.4. The zero-order chi connectivity index (χ0) is 19.1. The average molecular weight is 388 g/mol. The molecular formula is C18H24N6O2S. The molecule has 2 aromatic heterocycles. The normalized spacial score (nSPS) is 16.7. The fourth-order valence-electron chi connectivity index (χ4n) is 3.23. The topological polar surface area (TPSA) is 93.0 Å². The molecule has 0 spiro atoms. The van der Waals surface area contributed by atoms with E-state index in [-0.39, 0.29) is 17.5 Å². The fourth-order valence-corrected chi connectivity index (χ4v) is 4.14. The molecule has 0 unspecified atom stereocenters. The summed E-state index contributed by atoms with van der Waals surface area (Å²) in [6.07, 6.45) is 3.25. The van der Waals surface area contributed by atoms with Gasteiger partial charge in [-0.15, -0.1) is 10.2 Å². The molecule has 4 rings (SSSR count). The standard InChI is InChI=1S/C18H24N6O2S/c1-10(2)6-7-23-8-9-24-14(17(23)26)11(3)13(22-24)15(25)19-18-21-20-16(27-18)12-4-5-12/h10,12H,4-9H2,1-3H3,(H,19,21,25). The van der Waals surface area contributed by atoms with Gasteiger partial charge in [0.25, 0.3) is 11.8 Å². The Balaban J connectivity index is 1.50. The van der Waals surface area contributed by atoms with E-state index in [1.807, 2.05) is 4.90 Å². The summed E-state index contributed by atoms with van der Waals surface area (Å²) in [6.45, 7) is 8.05. The summed E-state index contributed by atoms with van der Waals surface area (Å²) >= 11 is 1.41. The maximum Gasteiger partial charge on any atom is 0.278 e. The van der Waals surface area contributed by atoms with Gasteiger partial charge in [-0.3, -0.25) is 19.6 Å². The quantitative estimate of drug-likeness (QED) is 0.821. The second-order valence-electron chi connectivity index (χ2n) is 7.69. The summed E-state index contributed by atoms with van der Waals surface area (Å²) in [5.41, 5.74) is 1.43. The summed E-state index contributed by atoms with van der Waals surface area (Å²) in [5.74, 6) is 0.663. The van der Waals surface area contributed by atoms with Crippen LogP contribution < -0.4 is 5.32 Å². The highest BCUT2D eigenvalue weighted by Gasteiger charge is 2.32. The fraction of sp³-hybridized carbons (Fsp3) is 0.611. The van der Waals surface area contributed by atoms with Gasteiger partial charge in [-0.1, -0.05) is 25.2 Å². The summed E-state index contributed by atoms with van der Waals surface area (Å²) in [5, 5.41) is 16.8. The van der Waals surface area contributed by atoms with E-state index in [0.717, 1.165) is 30.8 Å². The van der Waals surface area contributed by atoms with Crippen LogP contribution in [-0.4, -0.2) is 49.8 Å². The Bertz CT molecular complexity index is 883. The molecule has 0 aromatic carbocycles. The number of nitrogens with zero attached hydrogens (tertiary/aromatic N) is 5. The van der Waals surface area contributed by atoms with Crippen LogP contribution in [0.1, 0.15) is 70.6 Å². The lowest BCUT2D eigenvalue weighted by Gasteiger charge is -2.28. The third kappa shape index (κ3) is 3.60. The van der Waals surface area contributed by atoms with Crippen LogP contribution in [0, 0.1) is 12.8 Å². The first-order chi connectivity index (χ1) is 12.9. The lowest BCUT2D eigenvalue weighted by molar-refractivity contribution is 0.0688. The van der Waals surface area contributed by atoms with Crippen molar-refractivity contribution in [3.63, 3.8) is 0 Å². The van der Waals surface area contributed by atoms with Gasteiger partial charge in [-0.05, 0) is 32.1 Å². The molecule has 0 atom stereocenters. The Labute approximate surface area is 162 Å². The minimum Gasteiger partial charge on any atom is -0.335 e. The first kappa shape index (κ1) is 18.1. The molecule has 2 aliphatic rings. The Morgan fingerprint density at radius 1 is 1.30 bits per heavy atom. The summed E-state index contributed by atoms with van der Waals surface area (Å²) in [7, 11) is 0. The van der Waals surface area contributed by atoms with Crippen molar-refractivity contribution in [2.45, 2.75) is 52.5 Å². The molecule has 9 heteroatoms. The third-order valence-electron chi connectivity index (χ3n) is 5.04. The van der Waals surface area contributed by atoms with Gasteiger partial charge in [0.05, 0.1) is 6.54 Å². The number of fused-ring (bicyclic) bond motifs is 1. The minimum atomic E-state index is -0.338. The van der Waals surface area contributed by atoms with Crippen molar-refractivity contribution < 1.29 is 9.59 Å². The van der Waals surface area contributed by atoms with Crippen molar-refractivity contribution in [1.29, 1.82) is 0 Å². The minimum absolute atomic E-state index is 0.0436. The molecule has 1 saturated carbocycles. The van der Waals surface area contributed by atoms with Crippen molar-refractivity contribution in [3.05, 3.63) is 22.0 Å². The Hall–Kier alpha value is -2.29. The molecule has 1 fully saturated rings. The van der Waals surface area contributed by atoms with Gasteiger partial charge in [0.15, 0.2) is 5.69 Å². The molecule has 1 N–H and O–H groups in total. The molecule has 2 aromatic rings. The largest absolute Gasteiger partial charge is 0.335 e. The number of aromatic nitrogens is 4. The predicted octanol–water partition coefficient (Wildman–Crippen LogP) is 2.67. The van der Waals surface area contributed by atoms with Gasteiger partial charge in [0, 0.05) is 24.6 Å². The van der Waals surface area contributed by atoms with Gasteiger partial charge in [0.2, 0.25) is 5.13 Å². The van der Waals surface area contributed by atoms with E-state index in [1.165, 1.54) is 11.3 Å². The first-order valence-electron chi connectivity index (χ1n) is 9.45. The van der Waals surface area contributed by atoms with E-state index in [0.29, 0.717) is 41.3 Å². The number of carbonyl (C=O) groups is 2. The van der Waals surface area contributed by atoms with E-state index in [1.54, 1.807) is 11.6 Å². The van der Waals surface area contributed by atoms with E-state index >= 15 is 0 Å². The monoisotopic (exact) mass is 388 g/mol. The smallest absolute Gasteiger partial charge is 0.278 e. The van der Waals surface area contributed by atoms with Crippen LogP contribution in [0.4, 0.5) is 5.13 Å². The zero-order valence-corrected chi connectivity index (χ0v) is 16.7. The van der Waals surface area contributed by atoms with Crippen LogP contribution in [0.15, 0.2) is 0 Å².